The number of nitrogens with one attached hydrogen (secondary N) is 1. The van der Waals surface area contributed by atoms with Crippen LogP contribution in [0, 0.1) is 23.7 Å². The molecule has 4 aromatic carbocycles. The molecule has 0 radical (unpaired) electrons. The van der Waals surface area contributed by atoms with E-state index in [9.17, 15) is 53.7 Å². The summed E-state index contributed by atoms with van der Waals surface area (Å²) in [6.07, 6.45) is 1.24. The Hall–Kier alpha value is -7.44. The number of nitrogens with two attached hydrogens (primary N) is 2. The van der Waals surface area contributed by atoms with Crippen LogP contribution >= 0.6 is 0 Å². The van der Waals surface area contributed by atoms with Crippen molar-refractivity contribution in [1.29, 1.82) is 0 Å². The van der Waals surface area contributed by atoms with Crippen molar-refractivity contribution in [3.63, 3.8) is 0 Å². The molecule has 2 heterocycles. The van der Waals surface area contributed by atoms with Crippen LogP contribution in [0.1, 0.15) is 96.3 Å². The predicted molar refractivity (Wildman–Crippen MR) is 264 cm³/mol. The number of piperidine rings is 2. The number of carboxylic acid groups (broad SMARTS) is 6. The molecule has 4 aromatic rings. The molecule has 0 aromatic heterocycles. The number of rotatable bonds is 18. The largest absolute Gasteiger partial charge is 0.550 e. The molecule has 0 spiro atoms. The van der Waals surface area contributed by atoms with Gasteiger partial charge in [-0.15, -0.1) is 0 Å². The highest BCUT2D eigenvalue weighted by Crippen LogP contribution is 2.40. The van der Waals surface area contributed by atoms with Gasteiger partial charge in [-0.05, 0) is 83.7 Å². The van der Waals surface area contributed by atoms with Gasteiger partial charge in [0.1, 0.15) is 12.3 Å². The Morgan fingerprint density at radius 2 is 1.07 bits per heavy atom. The fraction of sp³-hybridized carbons (Fsp3) is 0.407. The topological polar surface area (TPSA) is 320 Å². The first kappa shape index (κ1) is 58.9. The minimum Gasteiger partial charge on any atom is -0.550 e. The molecule has 18 heteroatoms. The molecule has 2 aliphatic heterocycles. The van der Waals surface area contributed by atoms with Crippen LogP contribution in [0.2, 0.25) is 0 Å². The Morgan fingerprint density at radius 1 is 0.625 bits per heavy atom. The van der Waals surface area contributed by atoms with Gasteiger partial charge in [0.2, 0.25) is 11.8 Å². The first-order valence-corrected chi connectivity index (χ1v) is 23.6. The molecular formula is C54H68N4O14. The van der Waals surface area contributed by atoms with Crippen molar-refractivity contribution in [3.05, 3.63) is 143 Å². The number of primary amides is 2. The van der Waals surface area contributed by atoms with Crippen LogP contribution in [-0.2, 0) is 52.4 Å². The van der Waals surface area contributed by atoms with E-state index in [1.54, 1.807) is 12.1 Å². The van der Waals surface area contributed by atoms with E-state index in [1.807, 2.05) is 84.9 Å². The maximum atomic E-state index is 11.9. The number of carbonyl (C=O) groups excluding carboxylic acids is 3. The van der Waals surface area contributed by atoms with Crippen LogP contribution in [0.4, 0.5) is 0 Å². The lowest BCUT2D eigenvalue weighted by Crippen LogP contribution is -3.15. The number of aliphatic carboxylic acids is 6. The van der Waals surface area contributed by atoms with Crippen molar-refractivity contribution in [2.24, 2.45) is 35.1 Å². The number of nitrogens with zero attached hydrogens (tertiary/aromatic N) is 1. The van der Waals surface area contributed by atoms with E-state index in [4.69, 9.17) is 26.8 Å². The first-order valence-electron chi connectivity index (χ1n) is 23.6. The van der Waals surface area contributed by atoms with Crippen molar-refractivity contribution in [3.8, 4) is 0 Å². The van der Waals surface area contributed by atoms with Crippen LogP contribution in [-0.4, -0.2) is 117 Å². The molecular weight excluding hydrogens is 929 g/mol. The van der Waals surface area contributed by atoms with E-state index in [2.05, 4.69) is 44.7 Å². The third kappa shape index (κ3) is 18.7. The smallest absolute Gasteiger partial charge is 0.314 e. The van der Waals surface area contributed by atoms with Gasteiger partial charge in [0.25, 0.3) is 0 Å². The van der Waals surface area contributed by atoms with E-state index in [0.717, 1.165) is 61.3 Å². The molecule has 18 nitrogen and oxygen atoms in total. The standard InChI is InChI=1S/2C24H30N2O3.2C3H4O4/c2*1-17-15-26(16-20(23(28)29)13-18-7-4-3-5-8-18)12-11-24(17,2)21-10-6-9-19(14-21)22(25)27;2*4-2(5)1-3(6)7/h2*3-10,14,17,20H,11-13,15-16H2,1-2H3,(H2,25,27)(H,28,29);2*1H2,(H,4,5)(H,6,7)/t2*17-,20-,24+;;/m00../s1. The Morgan fingerprint density at radius 3 is 1.43 bits per heavy atom. The van der Waals surface area contributed by atoms with Crippen molar-refractivity contribution < 1.29 is 73.9 Å². The molecule has 2 amide bonds. The van der Waals surface area contributed by atoms with Gasteiger partial charge in [0.05, 0.1) is 37.9 Å². The quantitative estimate of drug-likeness (QED) is 0.0665. The van der Waals surface area contributed by atoms with Gasteiger partial charge in [-0.1, -0.05) is 113 Å². The predicted octanol–water partition coefficient (Wildman–Crippen LogP) is 3.00. The fourth-order valence-corrected chi connectivity index (χ4v) is 9.21. The van der Waals surface area contributed by atoms with E-state index in [-0.39, 0.29) is 16.7 Å². The summed E-state index contributed by atoms with van der Waals surface area (Å²) in [4.78, 5) is 88.0. The van der Waals surface area contributed by atoms with Gasteiger partial charge in [0, 0.05) is 42.0 Å². The van der Waals surface area contributed by atoms with Gasteiger partial charge in [-0.25, -0.2) is 0 Å². The van der Waals surface area contributed by atoms with E-state index in [0.29, 0.717) is 48.9 Å². The molecule has 10 N–H and O–H groups in total. The number of quaternary nitrogens is 1. The summed E-state index contributed by atoms with van der Waals surface area (Å²) in [5.74, 6) is -7.98. The Kier molecular flexibility index (Phi) is 22.7. The monoisotopic (exact) mass is 996 g/mol. The molecule has 1 unspecified atom stereocenters. The van der Waals surface area contributed by atoms with Gasteiger partial charge >= 0.3 is 29.8 Å². The minimum absolute atomic E-state index is 0.0485. The molecule has 388 valence electrons. The maximum absolute atomic E-state index is 11.9. The Balaban J connectivity index is 0.000000301. The van der Waals surface area contributed by atoms with Crippen molar-refractivity contribution in [1.82, 2.24) is 4.90 Å². The van der Waals surface area contributed by atoms with Gasteiger partial charge < -0.3 is 56.7 Å². The van der Waals surface area contributed by atoms with Crippen molar-refractivity contribution in [2.45, 2.75) is 77.0 Å². The van der Waals surface area contributed by atoms with Crippen molar-refractivity contribution >= 4 is 47.6 Å². The summed E-state index contributed by atoms with van der Waals surface area (Å²) in [7, 11) is 0. The second-order valence-electron chi connectivity index (χ2n) is 19.1. The second-order valence-corrected chi connectivity index (χ2v) is 19.1. The average molecular weight is 997 g/mol. The summed E-state index contributed by atoms with van der Waals surface area (Å²) < 4.78 is 0. The van der Waals surface area contributed by atoms with E-state index < -0.39 is 66.4 Å². The lowest BCUT2D eigenvalue weighted by molar-refractivity contribution is -0.912. The van der Waals surface area contributed by atoms with Gasteiger partial charge in [-0.2, -0.15) is 0 Å². The first-order chi connectivity index (χ1) is 33.8. The highest BCUT2D eigenvalue weighted by molar-refractivity contribution is 5.93. The Labute approximate surface area is 419 Å². The maximum Gasteiger partial charge on any atom is 0.314 e. The number of benzene rings is 4. The molecule has 2 saturated heterocycles. The van der Waals surface area contributed by atoms with Crippen LogP contribution in [0.5, 0.6) is 0 Å². The fourth-order valence-electron chi connectivity index (χ4n) is 9.21. The third-order valence-electron chi connectivity index (χ3n) is 13.8. The number of carbonyl (C=O) groups is 8. The highest BCUT2D eigenvalue weighted by atomic mass is 16.4. The summed E-state index contributed by atoms with van der Waals surface area (Å²) in [5, 5.41) is 51.8. The molecule has 2 fully saturated rings. The zero-order valence-corrected chi connectivity index (χ0v) is 41.2. The summed E-state index contributed by atoms with van der Waals surface area (Å²) in [6.45, 7) is 13.6. The molecule has 0 saturated carbocycles. The summed E-state index contributed by atoms with van der Waals surface area (Å²) in [6, 6.07) is 34.9. The number of likely N-dealkylation sites (tertiary alicyclic amines) is 2. The average Bonchev–Trinajstić information content (AvgIpc) is 3.31. The lowest BCUT2D eigenvalue weighted by atomic mass is 9.67. The molecule has 7 atom stereocenters. The van der Waals surface area contributed by atoms with E-state index in [1.165, 1.54) is 4.90 Å². The molecule has 2 aliphatic rings. The molecule has 72 heavy (non-hydrogen) atoms. The van der Waals surface area contributed by atoms with Crippen LogP contribution in [0.15, 0.2) is 109 Å². The van der Waals surface area contributed by atoms with Crippen LogP contribution in [0.25, 0.3) is 0 Å². The highest BCUT2D eigenvalue weighted by Gasteiger charge is 2.42. The molecule has 6 rings (SSSR count). The summed E-state index contributed by atoms with van der Waals surface area (Å²) in [5.41, 5.74) is 16.3. The zero-order valence-electron chi connectivity index (χ0n) is 41.2. The Bertz CT molecular complexity index is 2290. The van der Waals surface area contributed by atoms with Crippen LogP contribution in [0.3, 0.4) is 0 Å². The summed E-state index contributed by atoms with van der Waals surface area (Å²) >= 11 is 0. The van der Waals surface area contributed by atoms with Gasteiger partial charge in [0.15, 0.2) is 0 Å². The zero-order chi connectivity index (χ0) is 53.8. The number of amides is 2. The van der Waals surface area contributed by atoms with Crippen LogP contribution < -0.4 is 21.5 Å². The van der Waals surface area contributed by atoms with Gasteiger partial charge in [-0.3, -0.25) is 33.6 Å². The number of carboxylic acids is 6. The molecule has 0 bridgehead atoms. The minimum atomic E-state index is -1.56. The SMILES string of the molecule is C[C@H]1CN(C[C@H](Cc2ccccc2)C(=O)O)CC[C@@]1(C)c1cccc(C(N)=O)c1.C[C@H]1C[NH+](C[C@H](Cc2ccccc2)C(=O)O)CC[C@@]1(C)c1cccc(C(N)=O)c1.O=C(O)CC(=O)O.O=C([O-])CC(=O)O. The molecule has 0 aliphatic carbocycles. The second kappa shape index (κ2) is 27.8. The normalized spacial score (nSPS) is 21.2. The number of hydrogen-bond donors (Lipinski definition) is 8. The van der Waals surface area contributed by atoms with Crippen molar-refractivity contribution in [2.75, 3.05) is 39.3 Å². The number of hydrogen-bond acceptors (Lipinski definition) is 10. The van der Waals surface area contributed by atoms with E-state index >= 15 is 0 Å². The lowest BCUT2D eigenvalue weighted by Gasteiger charge is -2.45. The third-order valence-corrected chi connectivity index (χ3v) is 13.8.